The predicted molar refractivity (Wildman–Crippen MR) is 81.3 cm³/mol. The quantitative estimate of drug-likeness (QED) is 0.743. The van der Waals surface area contributed by atoms with Gasteiger partial charge in [-0.2, -0.15) is 0 Å². The Hall–Kier alpha value is -1.71. The van der Waals surface area contributed by atoms with E-state index in [0.717, 1.165) is 30.9 Å². The molecule has 0 saturated heterocycles. The summed E-state index contributed by atoms with van der Waals surface area (Å²) in [6.07, 6.45) is 1.55. The molecule has 0 atom stereocenters. The topological polar surface area (TPSA) is 58.4 Å². The molecular formula is C15H25N3O. The van der Waals surface area contributed by atoms with Gasteiger partial charge in [-0.1, -0.05) is 13.0 Å². The molecule has 3 N–H and O–H groups in total. The summed E-state index contributed by atoms with van der Waals surface area (Å²) in [6.45, 7) is 7.72. The van der Waals surface area contributed by atoms with Crippen LogP contribution in [0.2, 0.25) is 0 Å². The van der Waals surface area contributed by atoms with E-state index in [9.17, 15) is 4.79 Å². The lowest BCUT2D eigenvalue weighted by atomic mass is 10.2. The van der Waals surface area contributed by atoms with Crippen LogP contribution in [-0.4, -0.2) is 25.0 Å². The summed E-state index contributed by atoms with van der Waals surface area (Å²) in [7, 11) is 0. The molecule has 4 nitrogen and oxygen atoms in total. The number of nitrogens with two attached hydrogens (primary N) is 1. The fourth-order valence-corrected chi connectivity index (χ4v) is 1.99. The number of carbonyl (C=O) groups excluding carboxylic acids is 1. The highest BCUT2D eigenvalue weighted by molar-refractivity contribution is 5.76. The van der Waals surface area contributed by atoms with Crippen molar-refractivity contribution >= 4 is 17.3 Å². The van der Waals surface area contributed by atoms with Gasteiger partial charge in [0.2, 0.25) is 5.91 Å². The molecule has 0 aliphatic rings. The molecule has 0 bridgehead atoms. The van der Waals surface area contributed by atoms with Crippen molar-refractivity contribution in [3.63, 3.8) is 0 Å². The molecule has 1 aromatic rings. The Morgan fingerprint density at radius 3 is 2.68 bits per heavy atom. The lowest BCUT2D eigenvalue weighted by Gasteiger charge is -2.24. The summed E-state index contributed by atoms with van der Waals surface area (Å²) in [5.41, 5.74) is 7.65. The lowest BCUT2D eigenvalue weighted by Crippen LogP contribution is -2.34. The Bertz CT molecular complexity index is 404. The first kappa shape index (κ1) is 15.3. The Morgan fingerprint density at radius 2 is 2.11 bits per heavy atom. The molecule has 0 unspecified atom stereocenters. The minimum Gasteiger partial charge on any atom is -0.399 e. The van der Waals surface area contributed by atoms with E-state index in [1.165, 1.54) is 0 Å². The van der Waals surface area contributed by atoms with Crippen LogP contribution in [0.3, 0.4) is 0 Å². The van der Waals surface area contributed by atoms with E-state index in [-0.39, 0.29) is 11.9 Å². The maximum absolute atomic E-state index is 11.7. The number of carbonyl (C=O) groups is 1. The number of nitrogen functional groups attached to an aromatic ring is 1. The first-order chi connectivity index (χ1) is 9.02. The second-order valence-electron chi connectivity index (χ2n) is 5.05. The maximum Gasteiger partial charge on any atom is 0.221 e. The van der Waals surface area contributed by atoms with Gasteiger partial charge in [0.05, 0.1) is 0 Å². The van der Waals surface area contributed by atoms with Crippen LogP contribution in [-0.2, 0) is 4.79 Å². The van der Waals surface area contributed by atoms with E-state index in [0.29, 0.717) is 6.42 Å². The highest BCUT2D eigenvalue weighted by Gasteiger charge is 2.09. The molecule has 0 aliphatic heterocycles. The normalized spacial score (nSPS) is 10.5. The third-order valence-corrected chi connectivity index (χ3v) is 2.79. The molecule has 0 aliphatic carbocycles. The number of rotatable bonds is 7. The standard InChI is InChI=1S/C15H25N3O/c1-4-9-18(10-8-15(19)17-12(2)3)14-7-5-6-13(16)11-14/h5-7,11-12H,4,8-10,16H2,1-3H3,(H,17,19). The number of nitrogens with zero attached hydrogens (tertiary/aromatic N) is 1. The number of anilines is 2. The molecule has 106 valence electrons. The van der Waals surface area contributed by atoms with Crippen molar-refractivity contribution in [3.8, 4) is 0 Å². The SMILES string of the molecule is CCCN(CCC(=O)NC(C)C)c1cccc(N)c1. The molecule has 1 rings (SSSR count). The van der Waals surface area contributed by atoms with Crippen LogP contribution in [0.25, 0.3) is 0 Å². The summed E-state index contributed by atoms with van der Waals surface area (Å²) in [5, 5.41) is 2.91. The van der Waals surface area contributed by atoms with Crippen molar-refractivity contribution in [2.24, 2.45) is 0 Å². The van der Waals surface area contributed by atoms with Crippen molar-refractivity contribution in [2.75, 3.05) is 23.7 Å². The smallest absolute Gasteiger partial charge is 0.221 e. The van der Waals surface area contributed by atoms with Gasteiger partial charge in [0.15, 0.2) is 0 Å². The first-order valence-corrected chi connectivity index (χ1v) is 6.92. The molecule has 0 spiro atoms. The van der Waals surface area contributed by atoms with Gasteiger partial charge in [-0.3, -0.25) is 4.79 Å². The average molecular weight is 263 g/mol. The zero-order chi connectivity index (χ0) is 14.3. The van der Waals surface area contributed by atoms with Gasteiger partial charge in [-0.05, 0) is 38.5 Å². The number of nitrogens with one attached hydrogen (secondary N) is 1. The number of hydrogen-bond acceptors (Lipinski definition) is 3. The zero-order valence-corrected chi connectivity index (χ0v) is 12.1. The Labute approximate surface area is 116 Å². The van der Waals surface area contributed by atoms with Gasteiger partial charge < -0.3 is 16.0 Å². The van der Waals surface area contributed by atoms with Crippen LogP contribution < -0.4 is 16.0 Å². The van der Waals surface area contributed by atoms with Crippen LogP contribution in [0.4, 0.5) is 11.4 Å². The molecule has 0 heterocycles. The molecule has 0 aromatic heterocycles. The molecule has 4 heteroatoms. The van der Waals surface area contributed by atoms with E-state index < -0.39 is 0 Å². The van der Waals surface area contributed by atoms with Crippen LogP contribution in [0.1, 0.15) is 33.6 Å². The van der Waals surface area contributed by atoms with Crippen molar-refractivity contribution in [3.05, 3.63) is 24.3 Å². The maximum atomic E-state index is 11.7. The van der Waals surface area contributed by atoms with E-state index >= 15 is 0 Å². The van der Waals surface area contributed by atoms with Crippen molar-refractivity contribution in [1.82, 2.24) is 5.32 Å². The van der Waals surface area contributed by atoms with Crippen LogP contribution in [0.5, 0.6) is 0 Å². The number of amides is 1. The van der Waals surface area contributed by atoms with Gasteiger partial charge in [0, 0.05) is 36.9 Å². The van der Waals surface area contributed by atoms with Crippen molar-refractivity contribution < 1.29 is 4.79 Å². The van der Waals surface area contributed by atoms with Gasteiger partial charge in [0.1, 0.15) is 0 Å². The Balaban J connectivity index is 2.60. The molecule has 1 aromatic carbocycles. The molecule has 0 fully saturated rings. The summed E-state index contributed by atoms with van der Waals surface area (Å²) in [5.74, 6) is 0.0972. The Morgan fingerprint density at radius 1 is 1.37 bits per heavy atom. The van der Waals surface area contributed by atoms with Crippen molar-refractivity contribution in [1.29, 1.82) is 0 Å². The van der Waals surface area contributed by atoms with E-state index in [2.05, 4.69) is 17.1 Å². The van der Waals surface area contributed by atoms with Crippen LogP contribution in [0, 0.1) is 0 Å². The molecule has 1 amide bonds. The summed E-state index contributed by atoms with van der Waals surface area (Å²) in [4.78, 5) is 13.9. The summed E-state index contributed by atoms with van der Waals surface area (Å²) >= 11 is 0. The molecular weight excluding hydrogens is 238 g/mol. The molecule has 0 saturated carbocycles. The fourth-order valence-electron chi connectivity index (χ4n) is 1.99. The largest absolute Gasteiger partial charge is 0.399 e. The third kappa shape index (κ3) is 5.64. The molecule has 0 radical (unpaired) electrons. The summed E-state index contributed by atoms with van der Waals surface area (Å²) < 4.78 is 0. The van der Waals surface area contributed by atoms with Gasteiger partial charge in [-0.25, -0.2) is 0 Å². The van der Waals surface area contributed by atoms with Gasteiger partial charge >= 0.3 is 0 Å². The van der Waals surface area contributed by atoms with Gasteiger partial charge in [-0.15, -0.1) is 0 Å². The predicted octanol–water partition coefficient (Wildman–Crippen LogP) is 2.40. The van der Waals surface area contributed by atoms with Crippen LogP contribution >= 0.6 is 0 Å². The highest BCUT2D eigenvalue weighted by atomic mass is 16.1. The minimum atomic E-state index is 0.0972. The first-order valence-electron chi connectivity index (χ1n) is 6.92. The second-order valence-corrected chi connectivity index (χ2v) is 5.05. The second kappa shape index (κ2) is 7.67. The van der Waals surface area contributed by atoms with E-state index in [1.807, 2.05) is 38.1 Å². The average Bonchev–Trinajstić information content (AvgIpc) is 2.33. The highest BCUT2D eigenvalue weighted by Crippen LogP contribution is 2.18. The summed E-state index contributed by atoms with van der Waals surface area (Å²) in [6, 6.07) is 8.00. The van der Waals surface area contributed by atoms with Crippen LogP contribution in [0.15, 0.2) is 24.3 Å². The zero-order valence-electron chi connectivity index (χ0n) is 12.1. The Kier molecular flexibility index (Phi) is 6.19. The van der Waals surface area contributed by atoms with Gasteiger partial charge in [0.25, 0.3) is 0 Å². The van der Waals surface area contributed by atoms with Crippen molar-refractivity contribution in [2.45, 2.75) is 39.7 Å². The fraction of sp³-hybridized carbons (Fsp3) is 0.533. The minimum absolute atomic E-state index is 0.0972. The number of benzene rings is 1. The van der Waals surface area contributed by atoms with E-state index in [4.69, 9.17) is 5.73 Å². The monoisotopic (exact) mass is 263 g/mol. The lowest BCUT2D eigenvalue weighted by molar-refractivity contribution is -0.121. The molecule has 19 heavy (non-hydrogen) atoms. The van der Waals surface area contributed by atoms with E-state index in [1.54, 1.807) is 0 Å². The third-order valence-electron chi connectivity index (χ3n) is 2.79. The number of hydrogen-bond donors (Lipinski definition) is 2.